The van der Waals surface area contributed by atoms with E-state index in [0.717, 1.165) is 26.7 Å². The van der Waals surface area contributed by atoms with Crippen LogP contribution in [-0.2, 0) is 28.8 Å². The Kier molecular flexibility index (Phi) is 5.43. The molecule has 0 unspecified atom stereocenters. The lowest BCUT2D eigenvalue weighted by Crippen LogP contribution is -2.30. The van der Waals surface area contributed by atoms with Crippen molar-refractivity contribution in [3.05, 3.63) is 0 Å². The van der Waals surface area contributed by atoms with Gasteiger partial charge in [0.25, 0.3) is 0 Å². The van der Waals surface area contributed by atoms with E-state index in [2.05, 4.69) is 0 Å². The van der Waals surface area contributed by atoms with Crippen molar-refractivity contribution in [1.29, 1.82) is 0 Å². The Labute approximate surface area is 107 Å². The minimum atomic E-state index is -4.69. The van der Waals surface area contributed by atoms with E-state index >= 15 is 0 Å². The highest BCUT2D eigenvalue weighted by Gasteiger charge is 2.41. The van der Waals surface area contributed by atoms with Crippen molar-refractivity contribution in [3.63, 3.8) is 0 Å². The number of hydrogen-bond donors (Lipinski definition) is 0. The van der Waals surface area contributed by atoms with Gasteiger partial charge in [0.15, 0.2) is 0 Å². The van der Waals surface area contributed by atoms with E-state index < -0.39 is 49.8 Å². The Morgan fingerprint density at radius 3 is 1.22 bits per heavy atom. The lowest BCUT2D eigenvalue weighted by Gasteiger charge is -2.14. The van der Waals surface area contributed by atoms with Gasteiger partial charge in [-0.05, 0) is 26.7 Å². The van der Waals surface area contributed by atoms with Crippen molar-refractivity contribution in [2.75, 3.05) is 37.6 Å². The van der Waals surface area contributed by atoms with Crippen molar-refractivity contribution in [2.24, 2.45) is 0 Å². The summed E-state index contributed by atoms with van der Waals surface area (Å²) in [5.74, 6) is 0. The van der Waals surface area contributed by atoms with E-state index in [1.807, 2.05) is 0 Å². The van der Waals surface area contributed by atoms with Gasteiger partial charge in [0.05, 0.1) is 14.3 Å². The zero-order chi connectivity index (χ0) is 15.0. The molecule has 0 aromatic rings. The first-order chi connectivity index (χ1) is 7.57. The summed E-state index contributed by atoms with van der Waals surface area (Å²) in [6.07, 6.45) is 0. The number of alkyl halides is 1. The van der Waals surface area contributed by atoms with Crippen LogP contribution in [0.4, 0.5) is 4.39 Å². The quantitative estimate of drug-likeness (QED) is 0.673. The summed E-state index contributed by atoms with van der Waals surface area (Å²) in [7, 11) is -15.6. The first kappa shape index (κ1) is 18.3. The van der Waals surface area contributed by atoms with Crippen LogP contribution < -0.4 is 0 Å². The zero-order valence-corrected chi connectivity index (χ0v) is 14.0. The third-order valence-electron chi connectivity index (χ3n) is 1.55. The zero-order valence-electron chi connectivity index (χ0n) is 10.5. The molecular weight excluding hydrogens is 325 g/mol. The van der Waals surface area contributed by atoms with Crippen molar-refractivity contribution in [2.45, 2.75) is 4.84 Å². The highest BCUT2D eigenvalue weighted by atomic mass is 32.3. The van der Waals surface area contributed by atoms with Gasteiger partial charge in [0.1, 0.15) is 11.0 Å². The summed E-state index contributed by atoms with van der Waals surface area (Å²) in [6.45, 7) is 4.48. The summed E-state index contributed by atoms with van der Waals surface area (Å²) in [4.78, 5) is -3.17. The lowest BCUT2D eigenvalue weighted by molar-refractivity contribution is 0.480. The Morgan fingerprint density at radius 1 is 0.833 bits per heavy atom. The molecule has 0 aromatic heterocycles. The SMILES string of the molecule is CP(C)(=O)CS(=O)(=O)C(F)S(=O)(=O)CP(C)(C)=O. The molecule has 0 amide bonds. The molecule has 0 fully saturated rings. The summed E-state index contributed by atoms with van der Waals surface area (Å²) in [5, 5.41) is 0. The topological polar surface area (TPSA) is 102 Å². The monoisotopic (exact) mass is 342 g/mol. The van der Waals surface area contributed by atoms with Crippen LogP contribution in [0.1, 0.15) is 0 Å². The maximum absolute atomic E-state index is 13.6. The average molecular weight is 342 g/mol. The van der Waals surface area contributed by atoms with Crippen LogP contribution in [0.25, 0.3) is 0 Å². The van der Waals surface area contributed by atoms with E-state index in [1.165, 1.54) is 0 Å². The third kappa shape index (κ3) is 6.45. The fourth-order valence-electron chi connectivity index (χ4n) is 1.21. The van der Waals surface area contributed by atoms with Crippen molar-refractivity contribution in [3.8, 4) is 0 Å². The van der Waals surface area contributed by atoms with Crippen LogP contribution in [0.5, 0.6) is 0 Å². The summed E-state index contributed by atoms with van der Waals surface area (Å²) >= 11 is 0. The maximum atomic E-state index is 13.6. The second-order valence-electron chi connectivity index (χ2n) is 5.01. The van der Waals surface area contributed by atoms with Gasteiger partial charge in [-0.3, -0.25) is 0 Å². The fraction of sp³-hybridized carbons (Fsp3) is 1.00. The molecule has 0 saturated carbocycles. The normalized spacial score (nSPS) is 15.0. The lowest BCUT2D eigenvalue weighted by atomic mass is 11.7. The van der Waals surface area contributed by atoms with Crippen LogP contribution in [0.3, 0.4) is 0 Å². The predicted octanol–water partition coefficient (Wildman–Crippen LogP) is 1.23. The molecule has 0 bridgehead atoms. The van der Waals surface area contributed by atoms with Gasteiger partial charge in [-0.1, -0.05) is 0 Å². The third-order valence-corrected chi connectivity index (χ3v) is 12.3. The first-order valence-electron chi connectivity index (χ1n) is 4.72. The Hall–Kier alpha value is 0.290. The van der Waals surface area contributed by atoms with Gasteiger partial charge in [0, 0.05) is 0 Å². The van der Waals surface area contributed by atoms with Crippen LogP contribution in [0.15, 0.2) is 0 Å². The van der Waals surface area contributed by atoms with Crippen molar-refractivity contribution < 1.29 is 30.4 Å². The molecule has 0 rings (SSSR count). The van der Waals surface area contributed by atoms with Crippen LogP contribution in [-0.4, -0.2) is 59.3 Å². The molecule has 0 radical (unpaired) electrons. The van der Waals surface area contributed by atoms with Crippen molar-refractivity contribution in [1.82, 2.24) is 0 Å². The summed E-state index contributed by atoms with van der Waals surface area (Å²) < 4.78 is 82.2. The van der Waals surface area contributed by atoms with Gasteiger partial charge < -0.3 is 9.13 Å². The van der Waals surface area contributed by atoms with Crippen LogP contribution in [0.2, 0.25) is 0 Å². The molecule has 6 nitrogen and oxygen atoms in total. The molecule has 110 valence electrons. The van der Waals surface area contributed by atoms with E-state index in [4.69, 9.17) is 0 Å². The van der Waals surface area contributed by atoms with E-state index in [1.54, 1.807) is 0 Å². The molecule has 0 spiro atoms. The van der Waals surface area contributed by atoms with Crippen LogP contribution in [0, 0.1) is 0 Å². The molecule has 0 N–H and O–H groups in total. The van der Waals surface area contributed by atoms with Crippen LogP contribution >= 0.6 is 14.3 Å². The predicted molar refractivity (Wildman–Crippen MR) is 71.4 cm³/mol. The smallest absolute Gasteiger partial charge is 0.300 e. The Balaban J connectivity index is 5.36. The Morgan fingerprint density at radius 2 is 1.06 bits per heavy atom. The Bertz CT molecular complexity index is 542. The molecular formula is C7H17FO6P2S2. The molecule has 18 heavy (non-hydrogen) atoms. The molecule has 0 atom stereocenters. The standard InChI is InChI=1S/C7H17FO6P2S2/c1-15(2,9)5-17(11,12)7(8)18(13,14)6-16(3,4)10/h7H,5-6H2,1-4H3. The highest BCUT2D eigenvalue weighted by Crippen LogP contribution is 2.42. The van der Waals surface area contributed by atoms with E-state index in [9.17, 15) is 30.4 Å². The average Bonchev–Trinajstić information content (AvgIpc) is 1.92. The van der Waals surface area contributed by atoms with Gasteiger partial charge in [-0.15, -0.1) is 0 Å². The molecule has 11 heteroatoms. The second kappa shape index (κ2) is 5.35. The van der Waals surface area contributed by atoms with Gasteiger partial charge >= 0.3 is 4.84 Å². The minimum absolute atomic E-state index is 1.03. The fourth-order valence-corrected chi connectivity index (χ4v) is 12.0. The summed E-state index contributed by atoms with van der Waals surface area (Å²) in [6, 6.07) is 0. The number of hydrogen-bond acceptors (Lipinski definition) is 6. The maximum Gasteiger partial charge on any atom is 0.300 e. The summed E-state index contributed by atoms with van der Waals surface area (Å²) in [5.41, 5.74) is -2.06. The molecule has 0 aliphatic rings. The highest BCUT2D eigenvalue weighted by molar-refractivity contribution is 8.13. The van der Waals surface area contributed by atoms with Gasteiger partial charge in [0.2, 0.25) is 19.7 Å². The van der Waals surface area contributed by atoms with Crippen molar-refractivity contribution >= 4 is 34.0 Å². The number of halogens is 1. The molecule has 0 heterocycles. The van der Waals surface area contributed by atoms with E-state index in [0.29, 0.717) is 0 Å². The van der Waals surface area contributed by atoms with Gasteiger partial charge in [-0.2, -0.15) is 0 Å². The van der Waals surface area contributed by atoms with E-state index in [-0.39, 0.29) is 0 Å². The number of rotatable bonds is 6. The number of sulfone groups is 2. The molecule has 0 saturated heterocycles. The minimum Gasteiger partial charge on any atom is -0.323 e. The largest absolute Gasteiger partial charge is 0.323 e. The molecule has 0 aliphatic heterocycles. The molecule has 0 aromatic carbocycles. The molecule has 0 aliphatic carbocycles. The van der Waals surface area contributed by atoms with Gasteiger partial charge in [-0.25, -0.2) is 21.2 Å². The first-order valence-corrected chi connectivity index (χ1v) is 13.7. The second-order valence-corrected chi connectivity index (χ2v) is 17.1.